The Labute approximate surface area is 168 Å². The first-order valence-electron chi connectivity index (χ1n) is 9.71. The van der Waals surface area contributed by atoms with Gasteiger partial charge in [0.15, 0.2) is 0 Å². The van der Waals surface area contributed by atoms with Crippen LogP contribution in [-0.4, -0.2) is 53.1 Å². The van der Waals surface area contributed by atoms with E-state index in [4.69, 9.17) is 4.74 Å². The fourth-order valence-electron chi connectivity index (χ4n) is 2.88. The third-order valence-corrected chi connectivity index (χ3v) is 4.37. The average Bonchev–Trinajstić information content (AvgIpc) is 2.63. The zero-order valence-corrected chi connectivity index (χ0v) is 17.5. The summed E-state index contributed by atoms with van der Waals surface area (Å²) in [6, 6.07) is 8.53. The van der Waals surface area contributed by atoms with E-state index >= 15 is 0 Å². The number of carbonyl (C=O) groups is 2. The molecule has 0 unspecified atom stereocenters. The molecular formula is C20H33BN2O5. The normalized spacial score (nSPS) is 13.2. The van der Waals surface area contributed by atoms with Gasteiger partial charge in [-0.25, -0.2) is 4.79 Å². The Morgan fingerprint density at radius 2 is 1.64 bits per heavy atom. The molecule has 0 aliphatic rings. The number of hydrogen-bond acceptors (Lipinski definition) is 5. The minimum Gasteiger partial charge on any atom is -0.445 e. The number of amides is 2. The van der Waals surface area contributed by atoms with Gasteiger partial charge in [0.1, 0.15) is 12.6 Å². The lowest BCUT2D eigenvalue weighted by Gasteiger charge is -2.30. The summed E-state index contributed by atoms with van der Waals surface area (Å²) in [5, 5.41) is 21.8. The zero-order valence-electron chi connectivity index (χ0n) is 17.5. The summed E-state index contributed by atoms with van der Waals surface area (Å²) < 4.78 is 5.33. The fraction of sp³-hybridized carbons (Fsp3) is 0.600. The van der Waals surface area contributed by atoms with Crippen molar-refractivity contribution in [2.24, 2.45) is 11.8 Å². The van der Waals surface area contributed by atoms with Crippen LogP contribution in [-0.2, 0) is 16.1 Å². The molecule has 0 spiro atoms. The maximum Gasteiger partial charge on any atom is 0.475 e. The Bertz CT molecular complexity index is 610. The molecule has 1 aromatic rings. The van der Waals surface area contributed by atoms with Crippen LogP contribution < -0.4 is 5.32 Å². The quantitative estimate of drug-likeness (QED) is 0.531. The van der Waals surface area contributed by atoms with Gasteiger partial charge in [0.25, 0.3) is 0 Å². The van der Waals surface area contributed by atoms with E-state index in [1.54, 1.807) is 0 Å². The van der Waals surface area contributed by atoms with Crippen molar-refractivity contribution in [1.82, 2.24) is 10.2 Å². The molecule has 0 saturated carbocycles. The molecule has 0 fully saturated rings. The van der Waals surface area contributed by atoms with Crippen LogP contribution in [0.1, 0.15) is 46.1 Å². The Morgan fingerprint density at radius 1 is 1.07 bits per heavy atom. The topological polar surface area (TPSA) is 99.1 Å². The molecule has 0 aliphatic carbocycles. The summed E-state index contributed by atoms with van der Waals surface area (Å²) in [6.45, 7) is 7.89. The lowest BCUT2D eigenvalue weighted by atomic mass is 9.75. The third kappa shape index (κ3) is 8.31. The summed E-state index contributed by atoms with van der Waals surface area (Å²) >= 11 is 0. The van der Waals surface area contributed by atoms with Gasteiger partial charge in [-0.15, -0.1) is 0 Å². The number of likely N-dealkylation sites (N-methyl/N-ethyl adjacent to an activating group) is 1. The molecule has 0 aromatic heterocycles. The minimum absolute atomic E-state index is 0.116. The number of rotatable bonds is 10. The Balaban J connectivity index is 2.80. The van der Waals surface area contributed by atoms with Gasteiger partial charge in [0.05, 0.1) is 5.94 Å². The van der Waals surface area contributed by atoms with E-state index in [-0.39, 0.29) is 18.4 Å². The standard InChI is InChI=1S/C20H33BN2O5/c1-14(2)11-17(19(24)22-18(21(26)27)12-15(3)4)23(5)20(25)28-13-16-9-7-6-8-10-16/h6-10,14-15,17-18,26-27H,11-13H2,1-5H3,(H,22,24)/t17-,18-/m0/s1. The van der Waals surface area contributed by atoms with Crippen LogP contribution in [0.2, 0.25) is 0 Å². The second kappa shape index (κ2) is 11.7. The fourth-order valence-corrected chi connectivity index (χ4v) is 2.88. The Kier molecular flexibility index (Phi) is 10.0. The van der Waals surface area contributed by atoms with Crippen molar-refractivity contribution >= 4 is 19.1 Å². The average molecular weight is 392 g/mol. The molecule has 2 amide bonds. The largest absolute Gasteiger partial charge is 0.475 e. The lowest BCUT2D eigenvalue weighted by Crippen LogP contribution is -2.55. The minimum atomic E-state index is -1.67. The van der Waals surface area contributed by atoms with Crippen molar-refractivity contribution in [1.29, 1.82) is 0 Å². The molecule has 1 rings (SSSR count). The monoisotopic (exact) mass is 392 g/mol. The van der Waals surface area contributed by atoms with E-state index in [2.05, 4.69) is 5.32 Å². The van der Waals surface area contributed by atoms with Crippen molar-refractivity contribution in [3.63, 3.8) is 0 Å². The molecule has 0 bridgehead atoms. The molecule has 156 valence electrons. The van der Waals surface area contributed by atoms with Crippen LogP contribution in [0.4, 0.5) is 4.79 Å². The van der Waals surface area contributed by atoms with Gasteiger partial charge in [0.2, 0.25) is 5.91 Å². The number of benzene rings is 1. The van der Waals surface area contributed by atoms with Crippen molar-refractivity contribution in [3.8, 4) is 0 Å². The molecule has 0 heterocycles. The van der Waals surface area contributed by atoms with E-state index in [0.717, 1.165) is 5.56 Å². The highest BCUT2D eigenvalue weighted by Crippen LogP contribution is 2.14. The molecule has 0 aliphatic heterocycles. The van der Waals surface area contributed by atoms with Crippen molar-refractivity contribution in [2.45, 2.75) is 59.1 Å². The molecule has 8 heteroatoms. The highest BCUT2D eigenvalue weighted by molar-refractivity contribution is 6.43. The first-order valence-corrected chi connectivity index (χ1v) is 9.71. The summed E-state index contributed by atoms with van der Waals surface area (Å²) in [6.07, 6.45) is 0.244. The van der Waals surface area contributed by atoms with Gasteiger partial charge >= 0.3 is 13.2 Å². The van der Waals surface area contributed by atoms with Crippen LogP contribution in [0.3, 0.4) is 0 Å². The molecular weight excluding hydrogens is 359 g/mol. The maximum absolute atomic E-state index is 12.8. The van der Waals surface area contributed by atoms with Crippen LogP contribution in [0.15, 0.2) is 30.3 Å². The van der Waals surface area contributed by atoms with E-state index < -0.39 is 31.1 Å². The van der Waals surface area contributed by atoms with Crippen LogP contribution in [0.25, 0.3) is 0 Å². The number of nitrogens with zero attached hydrogens (tertiary/aromatic N) is 1. The predicted molar refractivity (Wildman–Crippen MR) is 109 cm³/mol. The number of carbonyl (C=O) groups excluding carboxylic acids is 2. The third-order valence-electron chi connectivity index (χ3n) is 4.37. The zero-order chi connectivity index (χ0) is 21.3. The highest BCUT2D eigenvalue weighted by Gasteiger charge is 2.33. The van der Waals surface area contributed by atoms with E-state index in [9.17, 15) is 19.6 Å². The second-order valence-electron chi connectivity index (χ2n) is 7.95. The molecule has 0 radical (unpaired) electrons. The summed E-state index contributed by atoms with van der Waals surface area (Å²) in [5.41, 5.74) is 0.856. The van der Waals surface area contributed by atoms with Crippen LogP contribution >= 0.6 is 0 Å². The van der Waals surface area contributed by atoms with Gasteiger partial charge in [-0.3, -0.25) is 9.69 Å². The number of nitrogens with one attached hydrogen (secondary N) is 1. The molecule has 2 atom stereocenters. The van der Waals surface area contributed by atoms with E-state index in [0.29, 0.717) is 12.8 Å². The van der Waals surface area contributed by atoms with Gasteiger partial charge in [-0.05, 0) is 30.2 Å². The van der Waals surface area contributed by atoms with Crippen molar-refractivity contribution in [2.75, 3.05) is 7.05 Å². The van der Waals surface area contributed by atoms with Gasteiger partial charge in [0, 0.05) is 7.05 Å². The number of ether oxygens (including phenoxy) is 1. The van der Waals surface area contributed by atoms with E-state index in [1.165, 1.54) is 11.9 Å². The van der Waals surface area contributed by atoms with Crippen molar-refractivity contribution < 1.29 is 24.4 Å². The first-order chi connectivity index (χ1) is 13.1. The molecule has 1 aromatic carbocycles. The van der Waals surface area contributed by atoms with Gasteiger partial charge < -0.3 is 20.1 Å². The molecule has 7 nitrogen and oxygen atoms in total. The smallest absolute Gasteiger partial charge is 0.445 e. The Hall–Kier alpha value is -2.06. The number of hydrogen-bond donors (Lipinski definition) is 3. The first kappa shape index (κ1) is 24.0. The van der Waals surface area contributed by atoms with Gasteiger partial charge in [-0.1, -0.05) is 58.0 Å². The summed E-state index contributed by atoms with van der Waals surface area (Å²) in [7, 11) is -0.145. The highest BCUT2D eigenvalue weighted by atomic mass is 16.6. The van der Waals surface area contributed by atoms with Crippen LogP contribution in [0.5, 0.6) is 0 Å². The van der Waals surface area contributed by atoms with Crippen molar-refractivity contribution in [3.05, 3.63) is 35.9 Å². The van der Waals surface area contributed by atoms with Gasteiger partial charge in [-0.2, -0.15) is 0 Å². The van der Waals surface area contributed by atoms with E-state index in [1.807, 2.05) is 58.0 Å². The SMILES string of the molecule is CC(C)C[C@H](NC(=O)[C@H](CC(C)C)N(C)C(=O)OCc1ccccc1)B(O)O. The Morgan fingerprint density at radius 3 is 2.14 bits per heavy atom. The summed E-state index contributed by atoms with van der Waals surface area (Å²) in [5.74, 6) is -0.894. The molecule has 28 heavy (non-hydrogen) atoms. The molecule has 0 saturated heterocycles. The van der Waals surface area contributed by atoms with Crippen LogP contribution in [0, 0.1) is 11.8 Å². The molecule has 3 N–H and O–H groups in total. The maximum atomic E-state index is 12.8. The predicted octanol–water partition coefficient (Wildman–Crippen LogP) is 2.21. The second-order valence-corrected chi connectivity index (χ2v) is 7.95. The lowest BCUT2D eigenvalue weighted by molar-refractivity contribution is -0.126. The summed E-state index contributed by atoms with van der Waals surface area (Å²) in [4.78, 5) is 26.6.